The summed E-state index contributed by atoms with van der Waals surface area (Å²) < 4.78 is 6.43. The van der Waals surface area contributed by atoms with Gasteiger partial charge < -0.3 is 10.1 Å². The second-order valence-corrected chi connectivity index (χ2v) is 7.52. The molecule has 0 saturated heterocycles. The van der Waals surface area contributed by atoms with Crippen LogP contribution in [0.2, 0.25) is 5.02 Å². The Bertz CT molecular complexity index is 943. The number of ether oxygens (including phenoxy) is 1. The van der Waals surface area contributed by atoms with Gasteiger partial charge in [0, 0.05) is 23.2 Å². The molecule has 1 N–H and O–H groups in total. The molecule has 1 saturated carbocycles. The largest absolute Gasteiger partial charge is 0.493 e. The highest BCUT2D eigenvalue weighted by Crippen LogP contribution is 2.40. The van der Waals surface area contributed by atoms with Crippen LogP contribution in [0.15, 0.2) is 41.0 Å². The maximum atomic E-state index is 6.17. The normalized spacial score (nSPS) is 13.9. The predicted molar refractivity (Wildman–Crippen MR) is 105 cm³/mol. The molecular weight excluding hydrogens is 402 g/mol. The standard InChI is InChI=1S/C19H17BrClN3O/c1-25-18-16(20)8-14(12-3-2-4-13(21)7-12)15-10-23-19(24-17(15)18)22-9-11-5-6-11/h2-4,7-8,10-11H,5-6,9H2,1H3,(H,22,23,24). The number of aromatic nitrogens is 2. The molecule has 4 rings (SSSR count). The van der Waals surface area contributed by atoms with Crippen LogP contribution in [-0.2, 0) is 0 Å². The van der Waals surface area contributed by atoms with Crippen molar-refractivity contribution in [2.45, 2.75) is 12.8 Å². The lowest BCUT2D eigenvalue weighted by Gasteiger charge is -2.13. The van der Waals surface area contributed by atoms with E-state index in [0.29, 0.717) is 16.7 Å². The molecule has 1 fully saturated rings. The van der Waals surface area contributed by atoms with Gasteiger partial charge in [-0.15, -0.1) is 0 Å². The van der Waals surface area contributed by atoms with Crippen LogP contribution in [0.4, 0.5) is 5.95 Å². The number of anilines is 1. The monoisotopic (exact) mass is 417 g/mol. The zero-order valence-corrected chi connectivity index (χ0v) is 16.1. The van der Waals surface area contributed by atoms with E-state index in [4.69, 9.17) is 21.3 Å². The summed E-state index contributed by atoms with van der Waals surface area (Å²) >= 11 is 9.77. The van der Waals surface area contributed by atoms with Crippen LogP contribution in [0.5, 0.6) is 5.75 Å². The minimum Gasteiger partial charge on any atom is -0.493 e. The van der Waals surface area contributed by atoms with Gasteiger partial charge >= 0.3 is 0 Å². The van der Waals surface area contributed by atoms with Gasteiger partial charge in [0.25, 0.3) is 0 Å². The molecule has 0 aliphatic heterocycles. The number of benzene rings is 2. The molecule has 1 aliphatic carbocycles. The molecule has 3 aromatic rings. The second-order valence-electron chi connectivity index (χ2n) is 6.23. The lowest BCUT2D eigenvalue weighted by molar-refractivity contribution is 0.416. The van der Waals surface area contributed by atoms with Gasteiger partial charge in [0.2, 0.25) is 5.95 Å². The number of hydrogen-bond acceptors (Lipinski definition) is 4. The van der Waals surface area contributed by atoms with E-state index in [1.807, 2.05) is 36.5 Å². The van der Waals surface area contributed by atoms with Crippen LogP contribution in [0.1, 0.15) is 12.8 Å². The fraction of sp³-hybridized carbons (Fsp3) is 0.263. The summed E-state index contributed by atoms with van der Waals surface area (Å²) in [6.07, 6.45) is 4.42. The molecule has 0 atom stereocenters. The maximum absolute atomic E-state index is 6.17. The van der Waals surface area contributed by atoms with Crippen molar-refractivity contribution in [3.63, 3.8) is 0 Å². The molecule has 0 bridgehead atoms. The third-order valence-corrected chi connectivity index (χ3v) is 5.19. The van der Waals surface area contributed by atoms with E-state index in [1.165, 1.54) is 12.8 Å². The molecule has 2 aromatic carbocycles. The number of halogens is 2. The average Bonchev–Trinajstić information content (AvgIpc) is 3.43. The van der Waals surface area contributed by atoms with Gasteiger partial charge in [-0.25, -0.2) is 9.97 Å². The van der Waals surface area contributed by atoms with Gasteiger partial charge in [-0.3, -0.25) is 0 Å². The Morgan fingerprint density at radius 1 is 1.32 bits per heavy atom. The summed E-state index contributed by atoms with van der Waals surface area (Å²) in [6.45, 7) is 0.920. The number of nitrogens with zero attached hydrogens (tertiary/aromatic N) is 2. The third kappa shape index (κ3) is 3.44. The van der Waals surface area contributed by atoms with Crippen LogP contribution in [0, 0.1) is 5.92 Å². The van der Waals surface area contributed by atoms with Gasteiger partial charge in [-0.1, -0.05) is 23.7 Å². The highest BCUT2D eigenvalue weighted by molar-refractivity contribution is 9.10. The van der Waals surface area contributed by atoms with Crippen molar-refractivity contribution in [3.05, 3.63) is 46.0 Å². The predicted octanol–water partition coefficient (Wildman–Crippen LogP) is 5.54. The molecule has 0 radical (unpaired) electrons. The Morgan fingerprint density at radius 3 is 2.88 bits per heavy atom. The summed E-state index contributed by atoms with van der Waals surface area (Å²) in [4.78, 5) is 9.20. The minimum atomic E-state index is 0.632. The first-order chi connectivity index (χ1) is 12.2. The summed E-state index contributed by atoms with van der Waals surface area (Å²) in [5.74, 6) is 2.09. The highest BCUT2D eigenvalue weighted by Gasteiger charge is 2.21. The Morgan fingerprint density at radius 2 is 2.16 bits per heavy atom. The van der Waals surface area contributed by atoms with Crippen molar-refractivity contribution in [2.24, 2.45) is 5.92 Å². The Kier molecular flexibility index (Phi) is 4.52. The number of hydrogen-bond donors (Lipinski definition) is 1. The van der Waals surface area contributed by atoms with Crippen LogP contribution in [-0.4, -0.2) is 23.6 Å². The molecular formula is C19H17BrClN3O. The van der Waals surface area contributed by atoms with E-state index < -0.39 is 0 Å². The Hall–Kier alpha value is -1.85. The lowest BCUT2D eigenvalue weighted by atomic mass is 10.0. The number of fused-ring (bicyclic) bond motifs is 1. The van der Waals surface area contributed by atoms with Crippen LogP contribution in [0.3, 0.4) is 0 Å². The molecule has 4 nitrogen and oxygen atoms in total. The molecule has 0 spiro atoms. The zero-order chi connectivity index (χ0) is 17.4. The Labute approximate surface area is 159 Å². The van der Waals surface area contributed by atoms with Gasteiger partial charge in [0.15, 0.2) is 5.75 Å². The molecule has 25 heavy (non-hydrogen) atoms. The fourth-order valence-corrected chi connectivity index (χ4v) is 3.64. The van der Waals surface area contributed by atoms with E-state index in [0.717, 1.165) is 39.0 Å². The summed E-state index contributed by atoms with van der Waals surface area (Å²) in [5.41, 5.74) is 2.81. The lowest BCUT2D eigenvalue weighted by Crippen LogP contribution is -2.07. The summed E-state index contributed by atoms with van der Waals surface area (Å²) in [6, 6.07) is 9.79. The fourth-order valence-electron chi connectivity index (χ4n) is 2.87. The molecule has 0 amide bonds. The summed E-state index contributed by atoms with van der Waals surface area (Å²) in [7, 11) is 1.65. The van der Waals surface area contributed by atoms with Crippen molar-refractivity contribution in [1.82, 2.24) is 9.97 Å². The van der Waals surface area contributed by atoms with Gasteiger partial charge in [0.05, 0.1) is 11.6 Å². The van der Waals surface area contributed by atoms with E-state index >= 15 is 0 Å². The zero-order valence-electron chi connectivity index (χ0n) is 13.7. The van der Waals surface area contributed by atoms with Crippen molar-refractivity contribution < 1.29 is 4.74 Å². The molecule has 1 aliphatic rings. The average molecular weight is 419 g/mol. The van der Waals surface area contributed by atoms with E-state index in [1.54, 1.807) is 7.11 Å². The molecule has 128 valence electrons. The van der Waals surface area contributed by atoms with Crippen molar-refractivity contribution >= 4 is 44.4 Å². The van der Waals surface area contributed by atoms with Gasteiger partial charge in [-0.2, -0.15) is 0 Å². The van der Waals surface area contributed by atoms with Crippen LogP contribution >= 0.6 is 27.5 Å². The second kappa shape index (κ2) is 6.81. The quantitative estimate of drug-likeness (QED) is 0.590. The minimum absolute atomic E-state index is 0.632. The maximum Gasteiger partial charge on any atom is 0.223 e. The van der Waals surface area contributed by atoms with Gasteiger partial charge in [0.1, 0.15) is 5.52 Å². The first kappa shape index (κ1) is 16.6. The first-order valence-electron chi connectivity index (χ1n) is 8.19. The SMILES string of the molecule is COc1c(Br)cc(-c2cccc(Cl)c2)c2cnc(NCC3CC3)nc12. The number of rotatable bonds is 5. The first-order valence-corrected chi connectivity index (χ1v) is 9.36. The van der Waals surface area contributed by atoms with Crippen molar-refractivity contribution in [2.75, 3.05) is 19.0 Å². The van der Waals surface area contributed by atoms with Crippen LogP contribution < -0.4 is 10.1 Å². The van der Waals surface area contributed by atoms with E-state index in [2.05, 4.69) is 26.2 Å². The topological polar surface area (TPSA) is 47.0 Å². The summed E-state index contributed by atoms with van der Waals surface area (Å²) in [5, 5.41) is 4.95. The Balaban J connectivity index is 1.85. The molecule has 6 heteroatoms. The van der Waals surface area contributed by atoms with Crippen molar-refractivity contribution in [3.8, 4) is 16.9 Å². The van der Waals surface area contributed by atoms with E-state index in [-0.39, 0.29) is 0 Å². The van der Waals surface area contributed by atoms with Gasteiger partial charge in [-0.05, 0) is 64.0 Å². The third-order valence-electron chi connectivity index (χ3n) is 4.37. The molecule has 1 aromatic heterocycles. The number of nitrogens with one attached hydrogen (secondary N) is 1. The van der Waals surface area contributed by atoms with Crippen LogP contribution in [0.25, 0.3) is 22.0 Å². The number of methoxy groups -OCH3 is 1. The highest BCUT2D eigenvalue weighted by atomic mass is 79.9. The molecule has 0 unspecified atom stereocenters. The smallest absolute Gasteiger partial charge is 0.223 e. The van der Waals surface area contributed by atoms with E-state index in [9.17, 15) is 0 Å². The van der Waals surface area contributed by atoms with Crippen molar-refractivity contribution in [1.29, 1.82) is 0 Å². The molecule has 1 heterocycles.